The van der Waals surface area contributed by atoms with E-state index in [0.717, 1.165) is 0 Å². The molecule has 1 unspecified atom stereocenters. The molecule has 0 aromatic heterocycles. The molecule has 0 fully saturated rings. The monoisotopic (exact) mass is 121 g/mol. The van der Waals surface area contributed by atoms with Crippen LogP contribution in [0, 0.1) is 0 Å². The Balaban J connectivity index is -0.0000000800. The van der Waals surface area contributed by atoms with Crippen LogP contribution in [0.15, 0.2) is 0 Å². The summed E-state index contributed by atoms with van der Waals surface area (Å²) in [7, 11) is 0. The molecular formula is H4NNaO3S. The van der Waals surface area contributed by atoms with Crippen molar-refractivity contribution in [1.29, 1.82) is 0 Å². The van der Waals surface area contributed by atoms with Crippen molar-refractivity contribution in [2.24, 2.45) is 5.90 Å². The van der Waals surface area contributed by atoms with Crippen LogP contribution in [0.5, 0.6) is 0 Å². The maximum Gasteiger partial charge on any atom is 1.00 e. The minimum atomic E-state index is -2.29. The summed E-state index contributed by atoms with van der Waals surface area (Å²) in [5.41, 5.74) is 0. The van der Waals surface area contributed by atoms with E-state index in [0.29, 0.717) is 0 Å². The van der Waals surface area contributed by atoms with Crippen molar-refractivity contribution in [2.45, 2.75) is 0 Å². The third kappa shape index (κ3) is 8.90. The molecule has 0 aromatic carbocycles. The normalized spacial score (nSPS) is 12.3. The van der Waals surface area contributed by atoms with E-state index in [1.807, 2.05) is 0 Å². The van der Waals surface area contributed by atoms with E-state index >= 15 is 0 Å². The van der Waals surface area contributed by atoms with E-state index in [4.69, 9.17) is 8.76 Å². The largest absolute Gasteiger partial charge is 1.00 e. The Morgan fingerprint density at radius 1 is 2.00 bits per heavy atom. The second-order valence-electron chi connectivity index (χ2n) is 0.313. The second kappa shape index (κ2) is 6.03. The van der Waals surface area contributed by atoms with E-state index < -0.39 is 11.4 Å². The van der Waals surface area contributed by atoms with Crippen LogP contribution in [0.25, 0.3) is 0 Å². The van der Waals surface area contributed by atoms with Gasteiger partial charge in [-0.2, -0.15) is 14.4 Å². The van der Waals surface area contributed by atoms with Crippen molar-refractivity contribution in [2.75, 3.05) is 0 Å². The number of hydrogen-bond donors (Lipinski definition) is 2. The van der Waals surface area contributed by atoms with Crippen LogP contribution in [0.2, 0.25) is 0 Å². The number of nitrogens with two attached hydrogens (primary N) is 1. The van der Waals surface area contributed by atoms with Crippen molar-refractivity contribution in [3.63, 3.8) is 0 Å². The van der Waals surface area contributed by atoms with Crippen LogP contribution in [0.1, 0.15) is 1.43 Å². The molecule has 0 saturated heterocycles. The zero-order valence-corrected chi connectivity index (χ0v) is 6.07. The minimum absolute atomic E-state index is 0. The third-order valence-electron chi connectivity index (χ3n) is 0.0823. The van der Waals surface area contributed by atoms with Gasteiger partial charge in [0, 0.05) is 0 Å². The number of hydrogen-bond acceptors (Lipinski definition) is 3. The Labute approximate surface area is 61.3 Å². The van der Waals surface area contributed by atoms with E-state index in [9.17, 15) is 0 Å². The summed E-state index contributed by atoms with van der Waals surface area (Å²) < 4.78 is 19.9. The fourth-order valence-electron chi connectivity index (χ4n) is 0. The van der Waals surface area contributed by atoms with Gasteiger partial charge in [-0.15, -0.1) is 0 Å². The molecule has 0 radical (unpaired) electrons. The van der Waals surface area contributed by atoms with E-state index in [1.54, 1.807) is 0 Å². The van der Waals surface area contributed by atoms with E-state index in [-0.39, 0.29) is 31.0 Å². The van der Waals surface area contributed by atoms with Crippen molar-refractivity contribution >= 4 is 11.4 Å². The van der Waals surface area contributed by atoms with Crippen LogP contribution in [0.3, 0.4) is 0 Å². The van der Waals surface area contributed by atoms with Crippen LogP contribution < -0.4 is 35.5 Å². The maximum absolute atomic E-state index is 9.13. The van der Waals surface area contributed by atoms with Crippen molar-refractivity contribution < 1.29 is 44.0 Å². The Kier molecular flexibility index (Phi) is 10.2. The van der Waals surface area contributed by atoms with Gasteiger partial charge in [0.1, 0.15) is 0 Å². The zero-order chi connectivity index (χ0) is 4.28. The summed E-state index contributed by atoms with van der Waals surface area (Å²) in [6.45, 7) is 0. The summed E-state index contributed by atoms with van der Waals surface area (Å²) in [6, 6.07) is 0. The SMILES string of the molecule is NOS(=O)O.[H-].[Na+]. The summed E-state index contributed by atoms with van der Waals surface area (Å²) in [5.74, 6) is 4.12. The van der Waals surface area contributed by atoms with Crippen LogP contribution in [-0.4, -0.2) is 8.76 Å². The van der Waals surface area contributed by atoms with Gasteiger partial charge in [-0.25, -0.2) is 0 Å². The molecule has 0 heterocycles. The first-order valence-electron chi connectivity index (χ1n) is 0.752. The summed E-state index contributed by atoms with van der Waals surface area (Å²) in [5, 5.41) is 0. The van der Waals surface area contributed by atoms with Gasteiger partial charge in [-0.1, -0.05) is 0 Å². The molecule has 0 aliphatic carbocycles. The Bertz CT molecular complexity index is 50.2. The van der Waals surface area contributed by atoms with Gasteiger partial charge < -0.3 is 1.43 Å². The second-order valence-corrected chi connectivity index (χ2v) is 0.940. The van der Waals surface area contributed by atoms with Crippen molar-refractivity contribution in [1.82, 2.24) is 0 Å². The van der Waals surface area contributed by atoms with E-state index in [2.05, 4.69) is 10.2 Å². The Morgan fingerprint density at radius 3 is 2.17 bits per heavy atom. The first kappa shape index (κ1) is 10.1. The predicted octanol–water partition coefficient (Wildman–Crippen LogP) is -3.87. The molecule has 0 amide bonds. The molecule has 0 aliphatic heterocycles. The molecule has 3 N–H and O–H groups in total. The van der Waals surface area contributed by atoms with E-state index in [1.165, 1.54) is 0 Å². The zero-order valence-electron chi connectivity index (χ0n) is 4.25. The first-order valence-corrected chi connectivity index (χ1v) is 1.78. The molecule has 6 heteroatoms. The van der Waals surface area contributed by atoms with Crippen molar-refractivity contribution in [3.8, 4) is 0 Å². The molecule has 34 valence electrons. The van der Waals surface area contributed by atoms with Gasteiger partial charge in [0.25, 0.3) is 0 Å². The number of rotatable bonds is 1. The third-order valence-corrected chi connectivity index (χ3v) is 0.247. The fraction of sp³-hybridized carbons (Fsp3) is 0. The van der Waals surface area contributed by atoms with Crippen LogP contribution in [0.4, 0.5) is 0 Å². The Morgan fingerprint density at radius 2 is 2.17 bits per heavy atom. The van der Waals surface area contributed by atoms with Gasteiger partial charge in [0.05, 0.1) is 0 Å². The molecule has 0 rings (SSSR count). The van der Waals surface area contributed by atoms with Gasteiger partial charge >= 0.3 is 40.9 Å². The first-order chi connectivity index (χ1) is 2.27. The topological polar surface area (TPSA) is 72.5 Å². The smallest absolute Gasteiger partial charge is 1.00 e. The van der Waals surface area contributed by atoms with Gasteiger partial charge in [-0.05, 0) is 0 Å². The van der Waals surface area contributed by atoms with Gasteiger partial charge in [0.15, 0.2) is 0 Å². The summed E-state index contributed by atoms with van der Waals surface area (Å²) in [4.78, 5) is 0. The standard InChI is InChI=1S/H3NO3S.Na.H/c1-4-5(2)3;;/h1H2,(H,2,3);;/q;+1;-1. The molecule has 0 spiro atoms. The molecule has 0 aliphatic rings. The molecule has 1 atom stereocenters. The molecular weight excluding hydrogens is 117 g/mol. The van der Waals surface area contributed by atoms with Crippen LogP contribution in [-0.2, 0) is 15.6 Å². The molecule has 4 nitrogen and oxygen atoms in total. The average Bonchev–Trinajstić information content (AvgIpc) is 1.38. The molecule has 0 saturated carbocycles. The van der Waals surface area contributed by atoms with Gasteiger partial charge in [0.2, 0.25) is 0 Å². The molecule has 6 heavy (non-hydrogen) atoms. The summed E-state index contributed by atoms with van der Waals surface area (Å²) in [6.07, 6.45) is 0. The molecule has 0 aromatic rings. The minimum Gasteiger partial charge on any atom is -1.00 e. The fourth-order valence-corrected chi connectivity index (χ4v) is 0. The van der Waals surface area contributed by atoms with Crippen molar-refractivity contribution in [3.05, 3.63) is 0 Å². The van der Waals surface area contributed by atoms with Crippen LogP contribution >= 0.6 is 0 Å². The molecule has 0 bridgehead atoms. The quantitative estimate of drug-likeness (QED) is 0.211. The average molecular weight is 121 g/mol. The predicted molar refractivity (Wildman–Crippen MR) is 17.2 cm³/mol. The summed E-state index contributed by atoms with van der Waals surface area (Å²) >= 11 is -2.29. The van der Waals surface area contributed by atoms with Gasteiger partial charge in [-0.3, -0.25) is 4.55 Å². The maximum atomic E-state index is 9.13. The Hall–Kier alpha value is 1.03.